The van der Waals surface area contributed by atoms with Crippen LogP contribution >= 0.6 is 0 Å². The fraction of sp³-hybridized carbons (Fsp3) is 0.357. The van der Waals surface area contributed by atoms with E-state index in [2.05, 4.69) is 4.74 Å². The molecule has 2 atom stereocenters. The van der Waals surface area contributed by atoms with Gasteiger partial charge in [0, 0.05) is 0 Å². The van der Waals surface area contributed by atoms with Crippen molar-refractivity contribution in [3.05, 3.63) is 42.0 Å². The Morgan fingerprint density at radius 3 is 2.65 bits per heavy atom. The number of carbonyl (C=O) groups excluding carboxylic acids is 1. The van der Waals surface area contributed by atoms with Crippen LogP contribution in [0.1, 0.15) is 18.9 Å². The summed E-state index contributed by atoms with van der Waals surface area (Å²) in [7, 11) is 1.32. The Hall–Kier alpha value is -1.61. The molecule has 1 N–H and O–H groups in total. The molecule has 0 radical (unpaired) electrons. The topological polar surface area (TPSA) is 46.5 Å². The summed E-state index contributed by atoms with van der Waals surface area (Å²) < 4.78 is 4.57. The molecule has 1 rings (SSSR count). The number of carbonyl (C=O) groups is 1. The van der Waals surface area contributed by atoms with Gasteiger partial charge in [0.1, 0.15) is 0 Å². The molecule has 0 aromatic heterocycles. The Morgan fingerprint density at radius 1 is 1.41 bits per heavy atom. The van der Waals surface area contributed by atoms with Gasteiger partial charge in [0.15, 0.2) is 0 Å². The third kappa shape index (κ3) is 4.41. The van der Waals surface area contributed by atoms with Gasteiger partial charge in [-0.05, 0) is 18.9 Å². The largest absolute Gasteiger partial charge is 0.469 e. The molecule has 0 heterocycles. The normalized spacial score (nSPS) is 14.5. The van der Waals surface area contributed by atoms with Crippen molar-refractivity contribution >= 4 is 12.0 Å². The molecular weight excluding hydrogens is 216 g/mol. The van der Waals surface area contributed by atoms with E-state index in [1.165, 1.54) is 7.11 Å². The Labute approximate surface area is 102 Å². The van der Waals surface area contributed by atoms with Crippen LogP contribution in [0.4, 0.5) is 0 Å². The number of benzene rings is 1. The lowest BCUT2D eigenvalue weighted by Gasteiger charge is -2.14. The predicted molar refractivity (Wildman–Crippen MR) is 67.3 cm³/mol. The van der Waals surface area contributed by atoms with Crippen LogP contribution < -0.4 is 0 Å². The molecular formula is C14H18O3. The van der Waals surface area contributed by atoms with Gasteiger partial charge in [0.2, 0.25) is 0 Å². The van der Waals surface area contributed by atoms with Gasteiger partial charge >= 0.3 is 5.97 Å². The number of aliphatic hydroxyl groups excluding tert-OH is 1. The van der Waals surface area contributed by atoms with Crippen LogP contribution in [0.2, 0.25) is 0 Å². The van der Waals surface area contributed by atoms with E-state index in [0.29, 0.717) is 6.42 Å². The summed E-state index contributed by atoms with van der Waals surface area (Å²) in [5.41, 5.74) is 1.07. The van der Waals surface area contributed by atoms with Gasteiger partial charge in [0.25, 0.3) is 0 Å². The Morgan fingerprint density at radius 2 is 2.06 bits per heavy atom. The molecule has 0 bridgehead atoms. The number of methoxy groups -OCH3 is 1. The molecule has 0 amide bonds. The second kappa shape index (κ2) is 6.86. The maximum Gasteiger partial charge on any atom is 0.311 e. The smallest absolute Gasteiger partial charge is 0.311 e. The van der Waals surface area contributed by atoms with E-state index in [1.807, 2.05) is 42.5 Å². The lowest BCUT2D eigenvalue weighted by molar-refractivity contribution is -0.148. The van der Waals surface area contributed by atoms with Gasteiger partial charge in [-0.3, -0.25) is 4.79 Å². The molecule has 0 saturated heterocycles. The number of ether oxygens (including phenoxy) is 1. The number of hydrogen-bond donors (Lipinski definition) is 1. The summed E-state index contributed by atoms with van der Waals surface area (Å²) in [6, 6.07) is 9.81. The molecule has 3 nitrogen and oxygen atoms in total. The minimum Gasteiger partial charge on any atom is -0.469 e. The molecule has 0 saturated carbocycles. The van der Waals surface area contributed by atoms with Gasteiger partial charge in [-0.15, -0.1) is 0 Å². The van der Waals surface area contributed by atoms with E-state index >= 15 is 0 Å². The third-order valence-corrected chi connectivity index (χ3v) is 2.64. The number of aliphatic hydroxyl groups is 1. The molecule has 92 valence electrons. The van der Waals surface area contributed by atoms with Crippen molar-refractivity contribution in [2.75, 3.05) is 7.11 Å². The molecule has 0 unspecified atom stereocenters. The lowest BCUT2D eigenvalue weighted by atomic mass is 10.0. The molecule has 17 heavy (non-hydrogen) atoms. The quantitative estimate of drug-likeness (QED) is 0.795. The van der Waals surface area contributed by atoms with Gasteiger partial charge in [-0.2, -0.15) is 0 Å². The van der Waals surface area contributed by atoms with Crippen molar-refractivity contribution in [3.63, 3.8) is 0 Å². The maximum atomic E-state index is 11.2. The molecule has 0 fully saturated rings. The molecule has 0 aliphatic carbocycles. The van der Waals surface area contributed by atoms with Crippen LogP contribution in [0, 0.1) is 5.92 Å². The Bertz CT molecular complexity index is 370. The first-order valence-electron chi connectivity index (χ1n) is 5.62. The van der Waals surface area contributed by atoms with E-state index in [4.69, 9.17) is 0 Å². The highest BCUT2D eigenvalue weighted by Crippen LogP contribution is 2.11. The minimum atomic E-state index is -0.706. The Kier molecular flexibility index (Phi) is 5.43. The first-order chi connectivity index (χ1) is 8.15. The average molecular weight is 234 g/mol. The van der Waals surface area contributed by atoms with Crippen LogP contribution in [-0.2, 0) is 9.53 Å². The fourth-order valence-electron chi connectivity index (χ4n) is 1.45. The van der Waals surface area contributed by atoms with Crippen LogP contribution in [0.3, 0.4) is 0 Å². The highest BCUT2D eigenvalue weighted by molar-refractivity contribution is 5.72. The van der Waals surface area contributed by atoms with Gasteiger partial charge in [0.05, 0.1) is 19.1 Å². The molecule has 0 aliphatic rings. The SMILES string of the molecule is COC(=O)[C@H](C)[C@H](O)C/C=C/c1ccccc1. The van der Waals surface area contributed by atoms with Crippen LogP contribution in [0.5, 0.6) is 0 Å². The third-order valence-electron chi connectivity index (χ3n) is 2.64. The highest BCUT2D eigenvalue weighted by atomic mass is 16.5. The first kappa shape index (κ1) is 13.5. The van der Waals surface area contributed by atoms with Crippen molar-refractivity contribution < 1.29 is 14.6 Å². The summed E-state index contributed by atoms with van der Waals surface area (Å²) in [5, 5.41) is 9.75. The molecule has 3 heteroatoms. The Balaban J connectivity index is 2.45. The second-order valence-corrected chi connectivity index (χ2v) is 3.93. The second-order valence-electron chi connectivity index (χ2n) is 3.93. The highest BCUT2D eigenvalue weighted by Gasteiger charge is 2.21. The molecule has 1 aromatic rings. The summed E-state index contributed by atoms with van der Waals surface area (Å²) in [4.78, 5) is 11.2. The lowest BCUT2D eigenvalue weighted by Crippen LogP contribution is -2.26. The van der Waals surface area contributed by atoms with Gasteiger partial charge < -0.3 is 9.84 Å². The van der Waals surface area contributed by atoms with Crippen LogP contribution in [0.15, 0.2) is 36.4 Å². The number of rotatable bonds is 5. The van der Waals surface area contributed by atoms with E-state index < -0.39 is 12.0 Å². The zero-order valence-corrected chi connectivity index (χ0v) is 10.2. The number of esters is 1. The standard InChI is InChI=1S/C14H18O3/c1-11(14(16)17-2)13(15)10-6-9-12-7-4-3-5-8-12/h3-9,11,13,15H,10H2,1-2H3/b9-6+/t11-,13-/m1/s1. The van der Waals surface area contributed by atoms with E-state index in [-0.39, 0.29) is 5.97 Å². The van der Waals surface area contributed by atoms with Crippen molar-refractivity contribution in [3.8, 4) is 0 Å². The van der Waals surface area contributed by atoms with Crippen molar-refractivity contribution in [2.45, 2.75) is 19.4 Å². The molecule has 0 spiro atoms. The molecule has 1 aromatic carbocycles. The summed E-state index contributed by atoms with van der Waals surface area (Å²) in [6.45, 7) is 1.66. The summed E-state index contributed by atoms with van der Waals surface area (Å²) in [5.74, 6) is -0.883. The van der Waals surface area contributed by atoms with Crippen molar-refractivity contribution in [1.82, 2.24) is 0 Å². The van der Waals surface area contributed by atoms with E-state index in [0.717, 1.165) is 5.56 Å². The van der Waals surface area contributed by atoms with Gasteiger partial charge in [-0.25, -0.2) is 0 Å². The van der Waals surface area contributed by atoms with Crippen LogP contribution in [-0.4, -0.2) is 24.3 Å². The van der Waals surface area contributed by atoms with Crippen molar-refractivity contribution in [1.29, 1.82) is 0 Å². The number of hydrogen-bond acceptors (Lipinski definition) is 3. The van der Waals surface area contributed by atoms with Crippen LogP contribution in [0.25, 0.3) is 6.08 Å². The van der Waals surface area contributed by atoms with E-state index in [9.17, 15) is 9.90 Å². The zero-order chi connectivity index (χ0) is 12.7. The van der Waals surface area contributed by atoms with Gasteiger partial charge in [-0.1, -0.05) is 42.5 Å². The summed E-state index contributed by atoms with van der Waals surface area (Å²) in [6.07, 6.45) is 3.51. The molecule has 0 aliphatic heterocycles. The monoisotopic (exact) mass is 234 g/mol. The fourth-order valence-corrected chi connectivity index (χ4v) is 1.45. The summed E-state index contributed by atoms with van der Waals surface area (Å²) >= 11 is 0. The minimum absolute atomic E-state index is 0.384. The average Bonchev–Trinajstić information content (AvgIpc) is 2.38. The van der Waals surface area contributed by atoms with E-state index in [1.54, 1.807) is 6.92 Å². The maximum absolute atomic E-state index is 11.2. The first-order valence-corrected chi connectivity index (χ1v) is 5.62. The van der Waals surface area contributed by atoms with Crippen molar-refractivity contribution in [2.24, 2.45) is 5.92 Å². The zero-order valence-electron chi connectivity index (χ0n) is 10.2. The predicted octanol–water partition coefficient (Wildman–Crippen LogP) is 2.26.